The molecule has 0 aromatic rings. The Morgan fingerprint density at radius 1 is 1.19 bits per heavy atom. The number of nitrogens with zero attached hydrogens (tertiary/aromatic N) is 3. The Kier molecular flexibility index (Phi) is 5.25. The number of carboxylic acids is 1. The molecule has 0 aromatic heterocycles. The van der Waals surface area contributed by atoms with Crippen molar-refractivity contribution >= 4 is 12.0 Å². The lowest BCUT2D eigenvalue weighted by molar-refractivity contribution is -0.147. The van der Waals surface area contributed by atoms with Gasteiger partial charge < -0.3 is 19.8 Å². The van der Waals surface area contributed by atoms with Gasteiger partial charge in [-0.15, -0.1) is 0 Å². The van der Waals surface area contributed by atoms with E-state index >= 15 is 0 Å². The van der Waals surface area contributed by atoms with Crippen molar-refractivity contribution < 1.29 is 14.7 Å². The van der Waals surface area contributed by atoms with Gasteiger partial charge in [0, 0.05) is 25.7 Å². The Bertz CT molecular complexity index is 403. The first-order valence-corrected chi connectivity index (χ1v) is 7.52. The van der Waals surface area contributed by atoms with Crippen LogP contribution in [-0.2, 0) is 4.79 Å². The minimum atomic E-state index is -1.20. The molecule has 0 unspecified atom stereocenters. The van der Waals surface area contributed by atoms with E-state index in [1.807, 2.05) is 21.0 Å². The summed E-state index contributed by atoms with van der Waals surface area (Å²) in [6, 6.07) is -0.224. The Labute approximate surface area is 127 Å². The molecule has 21 heavy (non-hydrogen) atoms. The highest BCUT2D eigenvalue weighted by Gasteiger charge is 2.43. The summed E-state index contributed by atoms with van der Waals surface area (Å²) in [6.07, 6.45) is 3.33. The molecular weight excluding hydrogens is 270 g/mol. The minimum Gasteiger partial charge on any atom is -0.480 e. The smallest absolute Gasteiger partial charge is 0.329 e. The molecule has 1 saturated carbocycles. The maximum absolute atomic E-state index is 12.6. The number of rotatable bonds is 6. The molecule has 1 aliphatic carbocycles. The van der Waals surface area contributed by atoms with Crippen LogP contribution in [0.5, 0.6) is 0 Å². The number of likely N-dealkylation sites (N-methyl/N-ethyl adjacent to an activating group) is 3. The number of hydrogen-bond donors (Lipinski definition) is 1. The van der Waals surface area contributed by atoms with Crippen molar-refractivity contribution in [2.24, 2.45) is 0 Å². The summed E-state index contributed by atoms with van der Waals surface area (Å²) in [4.78, 5) is 29.3. The van der Waals surface area contributed by atoms with Crippen molar-refractivity contribution in [2.75, 3.05) is 34.2 Å². The van der Waals surface area contributed by atoms with Crippen molar-refractivity contribution in [3.05, 3.63) is 0 Å². The molecule has 1 rings (SSSR count). The highest BCUT2D eigenvalue weighted by atomic mass is 16.4. The fourth-order valence-electron chi connectivity index (χ4n) is 2.93. The van der Waals surface area contributed by atoms with E-state index in [1.165, 1.54) is 11.3 Å². The summed E-state index contributed by atoms with van der Waals surface area (Å²) < 4.78 is 0. The Balaban J connectivity index is 2.83. The summed E-state index contributed by atoms with van der Waals surface area (Å²) in [5.41, 5.74) is -1.16. The van der Waals surface area contributed by atoms with Gasteiger partial charge in [0.05, 0.1) is 0 Å². The Morgan fingerprint density at radius 3 is 2.00 bits per heavy atom. The molecule has 0 atom stereocenters. The predicted octanol–water partition coefficient (Wildman–Crippen LogP) is 1.71. The third-order valence-corrected chi connectivity index (χ3v) is 4.84. The Morgan fingerprint density at radius 2 is 1.71 bits per heavy atom. The van der Waals surface area contributed by atoms with Crippen molar-refractivity contribution in [1.82, 2.24) is 14.7 Å². The average Bonchev–Trinajstić information content (AvgIpc) is 2.33. The zero-order valence-corrected chi connectivity index (χ0v) is 14.1. The van der Waals surface area contributed by atoms with Crippen LogP contribution in [0.25, 0.3) is 0 Å². The van der Waals surface area contributed by atoms with Crippen LogP contribution in [0.1, 0.15) is 40.0 Å². The summed E-state index contributed by atoms with van der Waals surface area (Å²) in [6.45, 7) is 5.94. The van der Waals surface area contributed by atoms with Crippen LogP contribution in [0.15, 0.2) is 0 Å². The monoisotopic (exact) mass is 299 g/mol. The minimum absolute atomic E-state index is 0.0389. The lowest BCUT2D eigenvalue weighted by atomic mass is 9.75. The van der Waals surface area contributed by atoms with E-state index in [9.17, 15) is 14.7 Å². The summed E-state index contributed by atoms with van der Waals surface area (Å²) >= 11 is 0. The quantitative estimate of drug-likeness (QED) is 0.811. The fourth-order valence-corrected chi connectivity index (χ4v) is 2.93. The van der Waals surface area contributed by atoms with Crippen LogP contribution in [-0.4, -0.2) is 77.1 Å². The molecule has 122 valence electrons. The van der Waals surface area contributed by atoms with E-state index in [2.05, 4.69) is 4.90 Å². The zero-order valence-electron chi connectivity index (χ0n) is 14.1. The Hall–Kier alpha value is -1.30. The van der Waals surface area contributed by atoms with Gasteiger partial charge >= 0.3 is 12.0 Å². The van der Waals surface area contributed by atoms with E-state index in [0.29, 0.717) is 13.1 Å². The molecule has 0 heterocycles. The van der Waals surface area contributed by atoms with E-state index in [1.54, 1.807) is 25.8 Å². The molecule has 0 spiro atoms. The molecule has 2 amide bonds. The van der Waals surface area contributed by atoms with Gasteiger partial charge in [-0.25, -0.2) is 9.59 Å². The van der Waals surface area contributed by atoms with Gasteiger partial charge in [-0.3, -0.25) is 0 Å². The first-order valence-electron chi connectivity index (χ1n) is 7.52. The number of hydrogen-bond acceptors (Lipinski definition) is 3. The van der Waals surface area contributed by atoms with Gasteiger partial charge in [0.1, 0.15) is 5.54 Å². The molecule has 0 radical (unpaired) electrons. The van der Waals surface area contributed by atoms with Gasteiger partial charge in [-0.1, -0.05) is 0 Å². The largest absolute Gasteiger partial charge is 0.480 e. The van der Waals surface area contributed by atoms with Crippen molar-refractivity contribution in [1.29, 1.82) is 0 Å². The van der Waals surface area contributed by atoms with Crippen LogP contribution < -0.4 is 0 Å². The molecule has 6 heteroatoms. The van der Waals surface area contributed by atoms with E-state index in [-0.39, 0.29) is 11.6 Å². The van der Waals surface area contributed by atoms with Crippen LogP contribution in [0, 0.1) is 0 Å². The number of amides is 2. The summed E-state index contributed by atoms with van der Waals surface area (Å²) in [5, 5.41) is 9.33. The molecule has 1 N–H and O–H groups in total. The van der Waals surface area contributed by atoms with Gasteiger partial charge in [0.2, 0.25) is 0 Å². The second-order valence-electron chi connectivity index (χ2n) is 6.72. The van der Waals surface area contributed by atoms with Crippen LogP contribution in [0.3, 0.4) is 0 Å². The molecule has 0 saturated heterocycles. The molecule has 1 aliphatic rings. The third kappa shape index (κ3) is 3.31. The lowest BCUT2D eigenvalue weighted by Crippen LogP contribution is -2.61. The van der Waals surface area contributed by atoms with Gasteiger partial charge in [-0.2, -0.15) is 0 Å². The molecule has 0 aromatic carbocycles. The summed E-state index contributed by atoms with van der Waals surface area (Å²) in [5.74, 6) is -0.989. The van der Waals surface area contributed by atoms with Crippen LogP contribution in [0.2, 0.25) is 0 Å². The van der Waals surface area contributed by atoms with Gasteiger partial charge in [-0.05, 0) is 54.1 Å². The first-order chi connectivity index (χ1) is 9.58. The van der Waals surface area contributed by atoms with Crippen molar-refractivity contribution in [2.45, 2.75) is 51.1 Å². The van der Waals surface area contributed by atoms with Crippen molar-refractivity contribution in [3.8, 4) is 0 Å². The second kappa shape index (κ2) is 6.22. The lowest BCUT2D eigenvalue weighted by Gasteiger charge is -2.50. The standard InChI is InChI=1S/C15H29N3O3/c1-7-18(14(2,3)12(19)20)13(21)17(6)11-15(16(4)5)9-8-10-15/h7-11H2,1-6H3,(H,19,20). The average molecular weight is 299 g/mol. The number of aliphatic carboxylic acids is 1. The van der Waals surface area contributed by atoms with Crippen LogP contribution >= 0.6 is 0 Å². The number of urea groups is 1. The highest BCUT2D eigenvalue weighted by molar-refractivity contribution is 5.85. The SMILES string of the molecule is CCN(C(=O)N(C)CC1(N(C)C)CCC1)C(C)(C)C(=O)O. The highest BCUT2D eigenvalue weighted by Crippen LogP contribution is 2.36. The maximum atomic E-state index is 12.6. The normalized spacial score (nSPS) is 17.3. The molecule has 0 aliphatic heterocycles. The van der Waals surface area contributed by atoms with Crippen molar-refractivity contribution in [3.63, 3.8) is 0 Å². The molecule has 0 bridgehead atoms. The predicted molar refractivity (Wildman–Crippen MR) is 82.4 cm³/mol. The third-order valence-electron chi connectivity index (χ3n) is 4.84. The maximum Gasteiger partial charge on any atom is 0.329 e. The second-order valence-corrected chi connectivity index (χ2v) is 6.72. The van der Waals surface area contributed by atoms with Crippen LogP contribution in [0.4, 0.5) is 4.79 Å². The number of carbonyl (C=O) groups excluding carboxylic acids is 1. The molecule has 1 fully saturated rings. The molecular formula is C15H29N3O3. The zero-order chi connectivity index (χ0) is 16.4. The topological polar surface area (TPSA) is 64.1 Å². The number of carboxylic acid groups (broad SMARTS) is 1. The van der Waals surface area contributed by atoms with E-state index < -0.39 is 11.5 Å². The summed E-state index contributed by atoms with van der Waals surface area (Å²) in [7, 11) is 5.83. The molecule has 6 nitrogen and oxygen atoms in total. The van der Waals surface area contributed by atoms with Gasteiger partial charge in [0.25, 0.3) is 0 Å². The van der Waals surface area contributed by atoms with Gasteiger partial charge in [0.15, 0.2) is 0 Å². The van der Waals surface area contributed by atoms with E-state index in [0.717, 1.165) is 12.8 Å². The first kappa shape index (κ1) is 17.8. The fraction of sp³-hybridized carbons (Fsp3) is 0.867. The van der Waals surface area contributed by atoms with E-state index in [4.69, 9.17) is 0 Å². The number of carbonyl (C=O) groups is 2.